The molecule has 1 atom stereocenters. The fourth-order valence-corrected chi connectivity index (χ4v) is 4.38. The van der Waals surface area contributed by atoms with Crippen molar-refractivity contribution in [2.75, 3.05) is 18.1 Å². The predicted octanol–water partition coefficient (Wildman–Crippen LogP) is 5.50. The summed E-state index contributed by atoms with van der Waals surface area (Å²) in [7, 11) is 0. The van der Waals surface area contributed by atoms with E-state index in [9.17, 15) is 9.50 Å². The van der Waals surface area contributed by atoms with Gasteiger partial charge in [0.25, 0.3) is 0 Å². The summed E-state index contributed by atoms with van der Waals surface area (Å²) < 4.78 is 15.8. The predicted molar refractivity (Wildman–Crippen MR) is 127 cm³/mol. The topological polar surface area (TPSA) is 53.7 Å². The van der Waals surface area contributed by atoms with Crippen LogP contribution in [0, 0.1) is 12.7 Å². The van der Waals surface area contributed by atoms with Crippen molar-refractivity contribution in [1.29, 1.82) is 0 Å². The van der Waals surface area contributed by atoms with Gasteiger partial charge in [-0.1, -0.05) is 56.3 Å². The van der Waals surface area contributed by atoms with Crippen molar-refractivity contribution in [3.05, 3.63) is 72.2 Å². The molecule has 0 radical (unpaired) electrons. The van der Waals surface area contributed by atoms with E-state index in [0.29, 0.717) is 0 Å². The van der Waals surface area contributed by atoms with Crippen LogP contribution in [0.3, 0.4) is 0 Å². The highest BCUT2D eigenvalue weighted by molar-refractivity contribution is 5.83. The number of aromatic nitrogens is 3. The van der Waals surface area contributed by atoms with Gasteiger partial charge in [0.05, 0.1) is 24.0 Å². The van der Waals surface area contributed by atoms with Crippen LogP contribution in [0.25, 0.3) is 28.0 Å². The first-order valence-electron chi connectivity index (χ1n) is 11.2. The van der Waals surface area contributed by atoms with Crippen molar-refractivity contribution in [3.63, 3.8) is 0 Å². The average molecular weight is 433 g/mol. The highest BCUT2D eigenvalue weighted by Gasteiger charge is 2.27. The quantitative estimate of drug-likeness (QED) is 0.463. The van der Waals surface area contributed by atoms with Crippen LogP contribution in [0.2, 0.25) is 0 Å². The lowest BCUT2D eigenvalue weighted by molar-refractivity contribution is 0.266. The van der Waals surface area contributed by atoms with Crippen molar-refractivity contribution in [1.82, 2.24) is 14.6 Å². The van der Waals surface area contributed by atoms with Gasteiger partial charge in [-0.15, -0.1) is 0 Å². The Hall–Kier alpha value is -3.25. The van der Waals surface area contributed by atoms with Gasteiger partial charge in [0, 0.05) is 23.7 Å². The van der Waals surface area contributed by atoms with Crippen LogP contribution in [0.15, 0.2) is 60.7 Å². The molecular formula is C26H29FN4O. The van der Waals surface area contributed by atoms with E-state index < -0.39 is 0 Å². The molecule has 5 nitrogen and oxygen atoms in total. The molecule has 5 rings (SSSR count). The number of fused-ring (bicyclic) bond motifs is 1. The number of aliphatic hydroxyl groups is 1. The van der Waals surface area contributed by atoms with Gasteiger partial charge < -0.3 is 10.0 Å². The lowest BCUT2D eigenvalue weighted by Gasteiger charge is -2.25. The number of hydrogen-bond acceptors (Lipinski definition) is 4. The largest absolute Gasteiger partial charge is 0.394 e. The van der Waals surface area contributed by atoms with E-state index in [1.807, 2.05) is 63.2 Å². The molecular weight excluding hydrogens is 403 g/mol. The second-order valence-electron chi connectivity index (χ2n) is 7.74. The minimum Gasteiger partial charge on any atom is -0.394 e. The van der Waals surface area contributed by atoms with Gasteiger partial charge in [0.15, 0.2) is 5.65 Å². The normalized spacial score (nSPS) is 15.7. The maximum atomic E-state index is 14.0. The van der Waals surface area contributed by atoms with Gasteiger partial charge in [-0.25, -0.2) is 13.9 Å². The Morgan fingerprint density at radius 2 is 1.78 bits per heavy atom. The second-order valence-corrected chi connectivity index (χ2v) is 7.74. The molecule has 0 spiro atoms. The Morgan fingerprint density at radius 1 is 1.03 bits per heavy atom. The number of nitrogens with zero attached hydrogens (tertiary/aromatic N) is 4. The summed E-state index contributed by atoms with van der Waals surface area (Å²) in [5.74, 6) is 0.496. The van der Waals surface area contributed by atoms with Crippen LogP contribution in [-0.2, 0) is 0 Å². The number of hydrogen-bond donors (Lipinski definition) is 1. The van der Waals surface area contributed by atoms with E-state index in [-0.39, 0.29) is 18.5 Å². The third kappa shape index (κ3) is 3.98. The third-order valence-corrected chi connectivity index (χ3v) is 5.82. The molecule has 1 fully saturated rings. The average Bonchev–Trinajstić information content (AvgIpc) is 3.44. The van der Waals surface area contributed by atoms with Gasteiger partial charge >= 0.3 is 0 Å². The van der Waals surface area contributed by atoms with E-state index in [1.165, 1.54) is 12.1 Å². The van der Waals surface area contributed by atoms with Gasteiger partial charge in [-0.2, -0.15) is 5.10 Å². The van der Waals surface area contributed by atoms with Crippen LogP contribution in [0.4, 0.5) is 10.2 Å². The number of anilines is 1. The lowest BCUT2D eigenvalue weighted by atomic mass is 10.1. The summed E-state index contributed by atoms with van der Waals surface area (Å²) in [6.45, 7) is 6.90. The second kappa shape index (κ2) is 9.49. The first-order valence-corrected chi connectivity index (χ1v) is 11.2. The maximum Gasteiger partial charge on any atom is 0.166 e. The fourth-order valence-electron chi connectivity index (χ4n) is 4.38. The molecule has 0 bridgehead atoms. The summed E-state index contributed by atoms with van der Waals surface area (Å²) in [5, 5.41) is 14.6. The molecule has 2 aromatic heterocycles. The van der Waals surface area contributed by atoms with Crippen molar-refractivity contribution < 1.29 is 9.50 Å². The van der Waals surface area contributed by atoms with Gasteiger partial charge in [0.1, 0.15) is 11.6 Å². The number of aryl methyl sites for hydroxylation is 1. The molecule has 0 amide bonds. The Balaban J connectivity index is 0.00000119. The molecule has 0 unspecified atom stereocenters. The lowest BCUT2D eigenvalue weighted by Crippen LogP contribution is -2.32. The molecule has 1 N–H and O–H groups in total. The fraction of sp³-hybridized carbons (Fsp3) is 0.308. The number of halogens is 1. The van der Waals surface area contributed by atoms with E-state index in [2.05, 4.69) is 4.90 Å². The van der Waals surface area contributed by atoms with Crippen molar-refractivity contribution in [3.8, 4) is 22.4 Å². The van der Waals surface area contributed by atoms with Gasteiger partial charge in [-0.3, -0.25) is 0 Å². The number of rotatable bonds is 4. The summed E-state index contributed by atoms with van der Waals surface area (Å²) >= 11 is 0. The van der Waals surface area contributed by atoms with E-state index >= 15 is 0 Å². The molecule has 1 aliphatic rings. The Kier molecular flexibility index (Phi) is 6.51. The smallest absolute Gasteiger partial charge is 0.166 e. The van der Waals surface area contributed by atoms with Gasteiger partial charge in [-0.05, 0) is 37.5 Å². The minimum atomic E-state index is -0.291. The Labute approximate surface area is 188 Å². The number of benzene rings is 2. The molecule has 32 heavy (non-hydrogen) atoms. The third-order valence-electron chi connectivity index (χ3n) is 5.82. The summed E-state index contributed by atoms with van der Waals surface area (Å²) in [6.07, 6.45) is 1.94. The highest BCUT2D eigenvalue weighted by Crippen LogP contribution is 2.34. The molecule has 0 aliphatic carbocycles. The van der Waals surface area contributed by atoms with Gasteiger partial charge in [0.2, 0.25) is 0 Å². The van der Waals surface area contributed by atoms with E-state index in [4.69, 9.17) is 10.1 Å². The maximum absolute atomic E-state index is 14.0. The molecule has 3 heterocycles. The molecule has 0 saturated carbocycles. The first kappa shape index (κ1) is 22.0. The zero-order valence-corrected chi connectivity index (χ0v) is 18.8. The Morgan fingerprint density at radius 3 is 2.50 bits per heavy atom. The molecule has 4 aromatic rings. The van der Waals surface area contributed by atoms with Crippen molar-refractivity contribution >= 4 is 11.5 Å². The van der Waals surface area contributed by atoms with Crippen molar-refractivity contribution in [2.45, 2.75) is 39.7 Å². The number of aliphatic hydroxyl groups excluding tert-OH is 1. The molecule has 166 valence electrons. The molecule has 1 aliphatic heterocycles. The molecule has 1 saturated heterocycles. The standard InChI is InChI=1S/C24H23FN4O.C2H6/c1-16-23(17-7-3-2-4-8-17)24-26-22(28-12-6-11-20(28)15-30)14-21(29(24)27-16)18-9-5-10-19(25)13-18;1-2/h2-5,7-10,13-14,20,30H,6,11-12,15H2,1H3;1-2H3/t20-;/m0./s1. The van der Waals surface area contributed by atoms with Crippen molar-refractivity contribution in [2.24, 2.45) is 0 Å². The van der Waals surface area contributed by atoms with E-state index in [0.717, 1.165) is 58.9 Å². The SMILES string of the molecule is CC.Cc1nn2c(-c3cccc(F)c3)cc(N3CCC[C@H]3CO)nc2c1-c1ccccc1. The van der Waals surface area contributed by atoms with Crippen LogP contribution >= 0.6 is 0 Å². The van der Waals surface area contributed by atoms with Crippen LogP contribution in [-0.4, -0.2) is 38.9 Å². The monoisotopic (exact) mass is 432 g/mol. The highest BCUT2D eigenvalue weighted by atomic mass is 19.1. The molecule has 6 heteroatoms. The summed E-state index contributed by atoms with van der Waals surface area (Å²) in [4.78, 5) is 7.14. The summed E-state index contributed by atoms with van der Waals surface area (Å²) in [6, 6.07) is 18.6. The Bertz CT molecular complexity index is 1210. The zero-order valence-electron chi connectivity index (χ0n) is 18.8. The van der Waals surface area contributed by atoms with Crippen LogP contribution < -0.4 is 4.90 Å². The van der Waals surface area contributed by atoms with E-state index in [1.54, 1.807) is 10.6 Å². The minimum absolute atomic E-state index is 0.0458. The zero-order chi connectivity index (χ0) is 22.7. The first-order chi connectivity index (χ1) is 15.7. The van der Waals surface area contributed by atoms with Crippen LogP contribution in [0.1, 0.15) is 32.4 Å². The van der Waals surface area contributed by atoms with Crippen LogP contribution in [0.5, 0.6) is 0 Å². The summed E-state index contributed by atoms with van der Waals surface area (Å²) in [5.41, 5.74) is 5.13. The molecule has 2 aromatic carbocycles.